The van der Waals surface area contributed by atoms with E-state index < -0.39 is 6.04 Å². The monoisotopic (exact) mass is 414 g/mol. The van der Waals surface area contributed by atoms with E-state index in [1.165, 1.54) is 0 Å². The second kappa shape index (κ2) is 10.4. The zero-order valence-electron chi connectivity index (χ0n) is 18.0. The Hall–Kier alpha value is -2.33. The fraction of sp³-hybridized carbons (Fsp3) is 0.417. The number of nitrogens with zero attached hydrogens (tertiary/aromatic N) is 1. The maximum Gasteiger partial charge on any atom is 0.242 e. The van der Waals surface area contributed by atoms with Gasteiger partial charge >= 0.3 is 0 Å². The van der Waals surface area contributed by atoms with Gasteiger partial charge in [-0.15, -0.1) is 0 Å². The molecule has 1 N–H and O–H groups in total. The highest BCUT2D eigenvalue weighted by molar-refractivity contribution is 6.30. The standard InChI is InChI=1S/C24H31ClN2O2/c1-6-18(4)26-24(29)19(5)27(15-20-8-7-9-22(25)13-20)23(28)14-21-11-16(2)10-17(3)12-21/h7-13,18-19H,6,14-15H2,1-5H3,(H,26,29). The second-order valence-electron chi connectivity index (χ2n) is 7.82. The summed E-state index contributed by atoms with van der Waals surface area (Å²) in [6, 6.07) is 13.0. The summed E-state index contributed by atoms with van der Waals surface area (Å²) in [5.74, 6) is -0.225. The number of hydrogen-bond donors (Lipinski definition) is 1. The summed E-state index contributed by atoms with van der Waals surface area (Å²) in [5.41, 5.74) is 4.10. The summed E-state index contributed by atoms with van der Waals surface area (Å²) >= 11 is 6.12. The van der Waals surface area contributed by atoms with Crippen LogP contribution in [0.5, 0.6) is 0 Å². The van der Waals surface area contributed by atoms with Crippen LogP contribution in [0, 0.1) is 13.8 Å². The molecule has 29 heavy (non-hydrogen) atoms. The molecule has 5 heteroatoms. The van der Waals surface area contributed by atoms with Crippen LogP contribution in [0.25, 0.3) is 0 Å². The van der Waals surface area contributed by atoms with Crippen LogP contribution in [0.1, 0.15) is 49.4 Å². The number of halogens is 1. The highest BCUT2D eigenvalue weighted by atomic mass is 35.5. The molecule has 0 aliphatic carbocycles. The van der Waals surface area contributed by atoms with E-state index >= 15 is 0 Å². The number of nitrogens with one attached hydrogen (secondary N) is 1. The quantitative estimate of drug-likeness (QED) is 0.672. The molecule has 0 aromatic heterocycles. The van der Waals surface area contributed by atoms with E-state index in [0.717, 1.165) is 28.7 Å². The first-order valence-electron chi connectivity index (χ1n) is 10.1. The number of carbonyl (C=O) groups excluding carboxylic acids is 2. The molecule has 0 spiro atoms. The molecule has 4 nitrogen and oxygen atoms in total. The van der Waals surface area contributed by atoms with E-state index in [1.807, 2.05) is 58.0 Å². The first kappa shape index (κ1) is 23.0. The van der Waals surface area contributed by atoms with Gasteiger partial charge in [0, 0.05) is 17.6 Å². The van der Waals surface area contributed by atoms with Gasteiger partial charge in [0.2, 0.25) is 11.8 Å². The lowest BCUT2D eigenvalue weighted by Crippen LogP contribution is -2.49. The van der Waals surface area contributed by atoms with Gasteiger partial charge in [-0.2, -0.15) is 0 Å². The third-order valence-electron chi connectivity index (χ3n) is 5.05. The van der Waals surface area contributed by atoms with Crippen molar-refractivity contribution in [1.29, 1.82) is 0 Å². The number of hydrogen-bond acceptors (Lipinski definition) is 2. The van der Waals surface area contributed by atoms with Gasteiger partial charge in [-0.25, -0.2) is 0 Å². The lowest BCUT2D eigenvalue weighted by Gasteiger charge is -2.30. The van der Waals surface area contributed by atoms with Crippen LogP contribution in [-0.2, 0) is 22.6 Å². The normalized spacial score (nSPS) is 12.9. The van der Waals surface area contributed by atoms with E-state index in [9.17, 15) is 9.59 Å². The molecule has 2 amide bonds. The molecule has 2 aromatic rings. The molecular weight excluding hydrogens is 384 g/mol. The van der Waals surface area contributed by atoms with E-state index in [1.54, 1.807) is 17.9 Å². The third kappa shape index (κ3) is 6.90. The number of benzene rings is 2. The lowest BCUT2D eigenvalue weighted by molar-refractivity contribution is -0.140. The molecule has 2 aromatic carbocycles. The summed E-state index contributed by atoms with van der Waals surface area (Å²) in [6.45, 7) is 10.1. The van der Waals surface area contributed by atoms with Crippen molar-refractivity contribution in [3.63, 3.8) is 0 Å². The summed E-state index contributed by atoms with van der Waals surface area (Å²) in [5, 5.41) is 3.60. The number of aryl methyl sites for hydroxylation is 2. The highest BCUT2D eigenvalue weighted by Crippen LogP contribution is 2.17. The molecular formula is C24H31ClN2O2. The van der Waals surface area contributed by atoms with E-state index in [-0.39, 0.29) is 24.3 Å². The molecule has 2 unspecified atom stereocenters. The van der Waals surface area contributed by atoms with Gasteiger partial charge in [-0.1, -0.05) is 60.0 Å². The Morgan fingerprint density at radius 3 is 2.28 bits per heavy atom. The van der Waals surface area contributed by atoms with Crippen LogP contribution < -0.4 is 5.32 Å². The Bertz CT molecular complexity index is 845. The second-order valence-corrected chi connectivity index (χ2v) is 8.25. The van der Waals surface area contributed by atoms with Crippen molar-refractivity contribution < 1.29 is 9.59 Å². The summed E-state index contributed by atoms with van der Waals surface area (Å²) in [6.07, 6.45) is 1.09. The van der Waals surface area contributed by atoms with Gasteiger partial charge in [0.05, 0.1) is 6.42 Å². The minimum Gasteiger partial charge on any atom is -0.352 e. The van der Waals surface area contributed by atoms with Crippen molar-refractivity contribution in [3.8, 4) is 0 Å². The van der Waals surface area contributed by atoms with Crippen LogP contribution in [-0.4, -0.2) is 28.8 Å². The van der Waals surface area contributed by atoms with Gasteiger partial charge in [-0.05, 0) is 57.4 Å². The van der Waals surface area contributed by atoms with Crippen molar-refractivity contribution in [1.82, 2.24) is 10.2 Å². The topological polar surface area (TPSA) is 49.4 Å². The van der Waals surface area contributed by atoms with Crippen molar-refractivity contribution >= 4 is 23.4 Å². The van der Waals surface area contributed by atoms with Crippen molar-refractivity contribution in [2.24, 2.45) is 0 Å². The minimum atomic E-state index is -0.582. The predicted octanol–water partition coefficient (Wildman–Crippen LogP) is 4.83. The van der Waals surface area contributed by atoms with Crippen LogP contribution in [0.2, 0.25) is 5.02 Å². The third-order valence-corrected chi connectivity index (χ3v) is 5.28. The number of amides is 2. The van der Waals surface area contributed by atoms with Crippen LogP contribution in [0.4, 0.5) is 0 Å². The van der Waals surface area contributed by atoms with E-state index in [0.29, 0.717) is 11.6 Å². The number of rotatable bonds is 8. The van der Waals surface area contributed by atoms with Crippen molar-refractivity contribution in [3.05, 3.63) is 69.7 Å². The summed E-state index contributed by atoms with van der Waals surface area (Å²) in [7, 11) is 0. The average Bonchev–Trinajstić information content (AvgIpc) is 2.64. The minimum absolute atomic E-state index is 0.0625. The van der Waals surface area contributed by atoms with Crippen LogP contribution >= 0.6 is 11.6 Å². The fourth-order valence-electron chi connectivity index (χ4n) is 3.33. The Morgan fingerprint density at radius 2 is 1.69 bits per heavy atom. The number of carbonyl (C=O) groups is 2. The van der Waals surface area contributed by atoms with Gasteiger partial charge in [0.25, 0.3) is 0 Å². The highest BCUT2D eigenvalue weighted by Gasteiger charge is 2.27. The summed E-state index contributed by atoms with van der Waals surface area (Å²) in [4.78, 5) is 27.6. The average molecular weight is 415 g/mol. The maximum atomic E-state index is 13.2. The van der Waals surface area contributed by atoms with E-state index in [2.05, 4.69) is 11.4 Å². The van der Waals surface area contributed by atoms with Crippen molar-refractivity contribution in [2.75, 3.05) is 0 Å². The zero-order chi connectivity index (χ0) is 21.6. The molecule has 0 bridgehead atoms. The molecule has 0 heterocycles. The van der Waals surface area contributed by atoms with Crippen LogP contribution in [0.15, 0.2) is 42.5 Å². The molecule has 0 aliphatic rings. The molecule has 0 saturated carbocycles. The fourth-order valence-corrected chi connectivity index (χ4v) is 3.54. The zero-order valence-corrected chi connectivity index (χ0v) is 18.7. The molecule has 0 aliphatic heterocycles. The first-order valence-corrected chi connectivity index (χ1v) is 10.5. The first-order chi connectivity index (χ1) is 13.7. The Balaban J connectivity index is 2.26. The lowest BCUT2D eigenvalue weighted by atomic mass is 10.0. The van der Waals surface area contributed by atoms with Crippen molar-refractivity contribution in [2.45, 2.75) is 66.1 Å². The van der Waals surface area contributed by atoms with Gasteiger partial charge in [0.15, 0.2) is 0 Å². The Labute approximate surface area is 179 Å². The summed E-state index contributed by atoms with van der Waals surface area (Å²) < 4.78 is 0. The Morgan fingerprint density at radius 1 is 1.03 bits per heavy atom. The maximum absolute atomic E-state index is 13.2. The molecule has 0 saturated heterocycles. The molecule has 2 atom stereocenters. The smallest absolute Gasteiger partial charge is 0.242 e. The van der Waals surface area contributed by atoms with E-state index in [4.69, 9.17) is 11.6 Å². The molecule has 156 valence electrons. The molecule has 2 rings (SSSR count). The Kier molecular flexibility index (Phi) is 8.27. The van der Waals surface area contributed by atoms with Gasteiger partial charge in [-0.3, -0.25) is 9.59 Å². The predicted molar refractivity (Wildman–Crippen MR) is 119 cm³/mol. The van der Waals surface area contributed by atoms with Gasteiger partial charge in [0.1, 0.15) is 6.04 Å². The van der Waals surface area contributed by atoms with Crippen LogP contribution in [0.3, 0.4) is 0 Å². The largest absolute Gasteiger partial charge is 0.352 e. The van der Waals surface area contributed by atoms with Gasteiger partial charge < -0.3 is 10.2 Å². The molecule has 0 radical (unpaired) electrons. The molecule has 0 fully saturated rings. The SMILES string of the molecule is CCC(C)NC(=O)C(C)N(Cc1cccc(Cl)c1)C(=O)Cc1cc(C)cc(C)c1.